The van der Waals surface area contributed by atoms with Crippen molar-refractivity contribution in [2.45, 2.75) is 32.9 Å². The van der Waals surface area contributed by atoms with E-state index in [1.54, 1.807) is 7.11 Å². The van der Waals surface area contributed by atoms with Gasteiger partial charge in [0.15, 0.2) is 0 Å². The molecule has 1 aromatic carbocycles. The average Bonchev–Trinajstić information content (AvgIpc) is 2.78. The van der Waals surface area contributed by atoms with E-state index in [2.05, 4.69) is 43.3 Å². The number of fused-ring (bicyclic) bond motifs is 1. The number of H-pyrrole nitrogens is 1. The molecule has 4 nitrogen and oxygen atoms in total. The normalized spacial score (nSPS) is 15.6. The van der Waals surface area contributed by atoms with Crippen molar-refractivity contribution in [2.24, 2.45) is 11.3 Å². The zero-order chi connectivity index (χ0) is 14.0. The number of aromatic amines is 1. The summed E-state index contributed by atoms with van der Waals surface area (Å²) in [5.41, 5.74) is 5.15. The van der Waals surface area contributed by atoms with Crippen molar-refractivity contribution in [1.29, 1.82) is 0 Å². The van der Waals surface area contributed by atoms with Crippen LogP contribution in [0.1, 0.15) is 32.4 Å². The van der Waals surface area contributed by atoms with E-state index in [0.29, 0.717) is 0 Å². The highest BCUT2D eigenvalue weighted by Gasteiger charge is 2.34. The van der Waals surface area contributed by atoms with Gasteiger partial charge >= 0.3 is 0 Å². The lowest BCUT2D eigenvalue weighted by Crippen LogP contribution is -2.44. The van der Waals surface area contributed by atoms with Gasteiger partial charge in [-0.1, -0.05) is 39.0 Å². The van der Waals surface area contributed by atoms with E-state index in [0.717, 1.165) is 11.1 Å². The summed E-state index contributed by atoms with van der Waals surface area (Å²) in [5, 5.41) is 1.18. The van der Waals surface area contributed by atoms with E-state index in [-0.39, 0.29) is 17.6 Å². The van der Waals surface area contributed by atoms with Crippen LogP contribution in [0.2, 0.25) is 0 Å². The summed E-state index contributed by atoms with van der Waals surface area (Å²) in [4.78, 5) is 3.28. The number of nitrogens with one attached hydrogen (secondary N) is 2. The number of benzene rings is 1. The van der Waals surface area contributed by atoms with Gasteiger partial charge in [0.1, 0.15) is 0 Å². The summed E-state index contributed by atoms with van der Waals surface area (Å²) in [6.45, 7) is 6.46. The summed E-state index contributed by atoms with van der Waals surface area (Å²) in [6, 6.07) is 8.16. The quantitative estimate of drug-likeness (QED) is 0.586. The molecule has 2 unspecified atom stereocenters. The predicted octanol–water partition coefficient (Wildman–Crippen LogP) is 2.73. The van der Waals surface area contributed by atoms with E-state index in [9.17, 15) is 0 Å². The molecule has 0 aliphatic heterocycles. The Kier molecular flexibility index (Phi) is 3.94. The summed E-state index contributed by atoms with van der Waals surface area (Å²) in [5.74, 6) is 5.78. The van der Waals surface area contributed by atoms with Crippen LogP contribution in [-0.4, -0.2) is 18.2 Å². The van der Waals surface area contributed by atoms with Crippen LogP contribution in [0.25, 0.3) is 10.9 Å². The fourth-order valence-corrected chi connectivity index (χ4v) is 2.68. The fourth-order valence-electron chi connectivity index (χ4n) is 2.68. The third-order valence-electron chi connectivity index (χ3n) is 3.55. The SMILES string of the molecule is COC(C(NN)c1c[nH]c2ccccc12)C(C)(C)C. The molecular weight excluding hydrogens is 238 g/mol. The molecule has 4 heteroatoms. The van der Waals surface area contributed by atoms with Crippen molar-refractivity contribution in [1.82, 2.24) is 10.4 Å². The zero-order valence-electron chi connectivity index (χ0n) is 12.0. The summed E-state index contributed by atoms with van der Waals surface area (Å²) >= 11 is 0. The monoisotopic (exact) mass is 261 g/mol. The first-order chi connectivity index (χ1) is 8.99. The molecule has 1 heterocycles. The lowest BCUT2D eigenvalue weighted by Gasteiger charge is -2.35. The Bertz CT molecular complexity index is 542. The zero-order valence-corrected chi connectivity index (χ0v) is 12.0. The minimum atomic E-state index is -0.0545. The molecule has 104 valence electrons. The molecule has 0 aliphatic carbocycles. The molecule has 0 radical (unpaired) electrons. The molecule has 4 N–H and O–H groups in total. The molecule has 2 rings (SSSR count). The number of para-hydroxylation sites is 1. The van der Waals surface area contributed by atoms with E-state index in [1.165, 1.54) is 5.39 Å². The molecule has 0 amide bonds. The van der Waals surface area contributed by atoms with Gasteiger partial charge in [0.05, 0.1) is 12.1 Å². The maximum Gasteiger partial charge on any atom is 0.0827 e. The number of hydrogen-bond acceptors (Lipinski definition) is 3. The Morgan fingerprint density at radius 1 is 1.26 bits per heavy atom. The highest BCUT2D eigenvalue weighted by atomic mass is 16.5. The van der Waals surface area contributed by atoms with Crippen molar-refractivity contribution >= 4 is 10.9 Å². The maximum absolute atomic E-state index is 5.78. The van der Waals surface area contributed by atoms with E-state index < -0.39 is 0 Å². The summed E-state index contributed by atoms with van der Waals surface area (Å²) in [7, 11) is 1.73. The van der Waals surface area contributed by atoms with Gasteiger partial charge in [0.25, 0.3) is 0 Å². The number of hydrogen-bond donors (Lipinski definition) is 3. The first-order valence-corrected chi connectivity index (χ1v) is 6.54. The Balaban J connectivity index is 2.47. The predicted molar refractivity (Wildman–Crippen MR) is 78.6 cm³/mol. The number of aromatic nitrogens is 1. The lowest BCUT2D eigenvalue weighted by molar-refractivity contribution is -0.0116. The topological polar surface area (TPSA) is 63.1 Å². The van der Waals surface area contributed by atoms with Crippen LogP contribution in [0.4, 0.5) is 0 Å². The van der Waals surface area contributed by atoms with Gasteiger partial charge < -0.3 is 9.72 Å². The van der Waals surface area contributed by atoms with Crippen molar-refractivity contribution < 1.29 is 4.74 Å². The second-order valence-electron chi connectivity index (χ2n) is 5.96. The molecule has 2 atom stereocenters. The number of nitrogens with two attached hydrogens (primary N) is 1. The van der Waals surface area contributed by atoms with Crippen LogP contribution in [0.15, 0.2) is 30.5 Å². The van der Waals surface area contributed by atoms with E-state index >= 15 is 0 Å². The summed E-state index contributed by atoms with van der Waals surface area (Å²) < 4.78 is 5.68. The van der Waals surface area contributed by atoms with Gasteiger partial charge in [0, 0.05) is 24.2 Å². The average molecular weight is 261 g/mol. The Labute approximate surface area is 114 Å². The molecule has 0 spiro atoms. The van der Waals surface area contributed by atoms with Gasteiger partial charge in [-0.25, -0.2) is 0 Å². The van der Waals surface area contributed by atoms with Crippen molar-refractivity contribution in [3.63, 3.8) is 0 Å². The van der Waals surface area contributed by atoms with Gasteiger partial charge in [0.2, 0.25) is 0 Å². The molecule has 19 heavy (non-hydrogen) atoms. The molecule has 0 aliphatic rings. The van der Waals surface area contributed by atoms with Crippen molar-refractivity contribution in [3.05, 3.63) is 36.0 Å². The van der Waals surface area contributed by atoms with E-state index in [4.69, 9.17) is 10.6 Å². The third-order valence-corrected chi connectivity index (χ3v) is 3.55. The highest BCUT2D eigenvalue weighted by molar-refractivity contribution is 5.83. The molecule has 0 fully saturated rings. The first kappa shape index (κ1) is 14.1. The van der Waals surface area contributed by atoms with Crippen molar-refractivity contribution in [3.8, 4) is 0 Å². The molecule has 2 aromatic rings. The van der Waals surface area contributed by atoms with Crippen LogP contribution in [0.3, 0.4) is 0 Å². The number of ether oxygens (including phenoxy) is 1. The third kappa shape index (κ3) is 2.66. The number of hydrazine groups is 1. The van der Waals surface area contributed by atoms with Crippen LogP contribution in [0.5, 0.6) is 0 Å². The first-order valence-electron chi connectivity index (χ1n) is 6.54. The van der Waals surface area contributed by atoms with Crippen molar-refractivity contribution in [2.75, 3.05) is 7.11 Å². The molecular formula is C15H23N3O. The lowest BCUT2D eigenvalue weighted by atomic mass is 9.82. The standard InChI is InChI=1S/C15H23N3O/c1-15(2,3)14(19-4)13(18-16)11-9-17-12-8-6-5-7-10(11)12/h5-9,13-14,17-18H,16H2,1-4H3. The van der Waals surface area contributed by atoms with Crippen LogP contribution in [-0.2, 0) is 4.74 Å². The molecule has 0 saturated heterocycles. The molecule has 1 aromatic heterocycles. The Morgan fingerprint density at radius 2 is 1.95 bits per heavy atom. The Morgan fingerprint density at radius 3 is 2.53 bits per heavy atom. The summed E-state index contributed by atoms with van der Waals surface area (Å²) in [6.07, 6.45) is 1.99. The Hall–Kier alpha value is -1.36. The fraction of sp³-hybridized carbons (Fsp3) is 0.467. The van der Waals surface area contributed by atoms with Gasteiger partial charge in [-0.15, -0.1) is 0 Å². The van der Waals surface area contributed by atoms with Gasteiger partial charge in [-0.3, -0.25) is 11.3 Å². The second-order valence-corrected chi connectivity index (χ2v) is 5.96. The molecule has 0 bridgehead atoms. The minimum Gasteiger partial charge on any atom is -0.379 e. The minimum absolute atomic E-state index is 0.00976. The van der Waals surface area contributed by atoms with Crippen LogP contribution >= 0.6 is 0 Å². The number of methoxy groups -OCH3 is 1. The van der Waals surface area contributed by atoms with Gasteiger partial charge in [-0.05, 0) is 17.0 Å². The van der Waals surface area contributed by atoms with Crippen LogP contribution in [0, 0.1) is 5.41 Å². The highest BCUT2D eigenvalue weighted by Crippen LogP contribution is 2.34. The second kappa shape index (κ2) is 5.33. The smallest absolute Gasteiger partial charge is 0.0827 e. The van der Waals surface area contributed by atoms with E-state index in [1.807, 2.05) is 18.3 Å². The van der Waals surface area contributed by atoms with Crippen LogP contribution < -0.4 is 11.3 Å². The molecule has 0 saturated carbocycles. The maximum atomic E-state index is 5.78. The van der Waals surface area contributed by atoms with Gasteiger partial charge in [-0.2, -0.15) is 0 Å². The largest absolute Gasteiger partial charge is 0.379 e. The number of rotatable bonds is 4.